The van der Waals surface area contributed by atoms with Crippen LogP contribution < -0.4 is 4.74 Å². The van der Waals surface area contributed by atoms with Gasteiger partial charge in [0.1, 0.15) is 18.2 Å². The van der Waals surface area contributed by atoms with Crippen LogP contribution in [-0.4, -0.2) is 12.0 Å². The Kier molecular flexibility index (Phi) is 4.18. The third kappa shape index (κ3) is 3.17. The van der Waals surface area contributed by atoms with E-state index in [0.29, 0.717) is 10.2 Å². The van der Waals surface area contributed by atoms with Gasteiger partial charge in [-0.05, 0) is 28.1 Å². The number of halogens is 3. The van der Waals surface area contributed by atoms with Crippen LogP contribution in [0.4, 0.5) is 4.39 Å². The molecule has 0 amide bonds. The summed E-state index contributed by atoms with van der Waals surface area (Å²) in [6.45, 7) is 0.0408. The molecule has 5 heteroatoms. The SMILES string of the molecule is N#CC(Cl)COc1ccc(Br)c(F)c1. The molecule has 74 valence electrons. The molecule has 1 aromatic rings. The summed E-state index contributed by atoms with van der Waals surface area (Å²) in [4.78, 5) is 0. The first-order valence-corrected chi connectivity index (χ1v) is 4.98. The highest BCUT2D eigenvalue weighted by Gasteiger charge is 2.05. The second-order valence-electron chi connectivity index (χ2n) is 2.48. The van der Waals surface area contributed by atoms with Gasteiger partial charge in [0.15, 0.2) is 5.38 Å². The molecule has 1 atom stereocenters. The molecular formula is C9H6BrClFNO. The predicted molar refractivity (Wildman–Crippen MR) is 54.8 cm³/mol. The summed E-state index contributed by atoms with van der Waals surface area (Å²) in [6, 6.07) is 6.15. The van der Waals surface area contributed by atoms with Crippen LogP contribution in [0.15, 0.2) is 22.7 Å². The van der Waals surface area contributed by atoms with Gasteiger partial charge in [0, 0.05) is 6.07 Å². The van der Waals surface area contributed by atoms with E-state index in [1.54, 1.807) is 12.1 Å². The Hall–Kier alpha value is -0.790. The van der Waals surface area contributed by atoms with Crippen molar-refractivity contribution >= 4 is 27.5 Å². The zero-order chi connectivity index (χ0) is 10.6. The molecule has 0 N–H and O–H groups in total. The number of alkyl halides is 1. The molecule has 1 unspecified atom stereocenters. The summed E-state index contributed by atoms with van der Waals surface area (Å²) < 4.78 is 18.4. The van der Waals surface area contributed by atoms with Crippen LogP contribution in [0.3, 0.4) is 0 Å². The zero-order valence-corrected chi connectivity index (χ0v) is 9.35. The van der Waals surface area contributed by atoms with Crippen molar-refractivity contribution in [3.63, 3.8) is 0 Å². The summed E-state index contributed by atoms with van der Waals surface area (Å²) in [5.41, 5.74) is 0. The lowest BCUT2D eigenvalue weighted by Gasteiger charge is -2.06. The first-order chi connectivity index (χ1) is 6.63. The van der Waals surface area contributed by atoms with E-state index in [0.717, 1.165) is 0 Å². The third-order valence-corrected chi connectivity index (χ3v) is 2.29. The Labute approximate surface area is 94.4 Å². The van der Waals surface area contributed by atoms with Crippen molar-refractivity contribution in [2.24, 2.45) is 0 Å². The van der Waals surface area contributed by atoms with Gasteiger partial charge in [0.25, 0.3) is 0 Å². The smallest absolute Gasteiger partial charge is 0.154 e. The topological polar surface area (TPSA) is 33.0 Å². The number of hydrogen-bond donors (Lipinski definition) is 0. The summed E-state index contributed by atoms with van der Waals surface area (Å²) in [7, 11) is 0. The fourth-order valence-corrected chi connectivity index (χ4v) is 1.08. The first kappa shape index (κ1) is 11.3. The first-order valence-electron chi connectivity index (χ1n) is 3.75. The van der Waals surface area contributed by atoms with Crippen LogP contribution in [0.25, 0.3) is 0 Å². The van der Waals surface area contributed by atoms with Crippen LogP contribution in [0, 0.1) is 17.1 Å². The normalized spacial score (nSPS) is 11.9. The summed E-state index contributed by atoms with van der Waals surface area (Å²) in [5, 5.41) is 7.65. The highest BCUT2D eigenvalue weighted by atomic mass is 79.9. The largest absolute Gasteiger partial charge is 0.491 e. The van der Waals surface area contributed by atoms with E-state index in [9.17, 15) is 4.39 Å². The van der Waals surface area contributed by atoms with Crippen molar-refractivity contribution in [1.29, 1.82) is 5.26 Å². The lowest BCUT2D eigenvalue weighted by atomic mass is 10.3. The molecule has 0 aromatic heterocycles. The average molecular weight is 279 g/mol. The maximum absolute atomic E-state index is 13.0. The average Bonchev–Trinajstić information content (AvgIpc) is 2.19. The lowest BCUT2D eigenvalue weighted by molar-refractivity contribution is 0.327. The number of hydrogen-bond acceptors (Lipinski definition) is 2. The van der Waals surface area contributed by atoms with Crippen molar-refractivity contribution in [3.05, 3.63) is 28.5 Å². The van der Waals surface area contributed by atoms with E-state index >= 15 is 0 Å². The van der Waals surface area contributed by atoms with Crippen LogP contribution in [0.2, 0.25) is 0 Å². The molecule has 14 heavy (non-hydrogen) atoms. The molecule has 0 bridgehead atoms. The third-order valence-electron chi connectivity index (χ3n) is 1.43. The van der Waals surface area contributed by atoms with Gasteiger partial charge in [0.2, 0.25) is 0 Å². The van der Waals surface area contributed by atoms with Crippen LogP contribution in [0.1, 0.15) is 0 Å². The van der Waals surface area contributed by atoms with Gasteiger partial charge in [0.05, 0.1) is 10.5 Å². The monoisotopic (exact) mass is 277 g/mol. The molecule has 0 aliphatic rings. The zero-order valence-electron chi connectivity index (χ0n) is 7.01. The van der Waals surface area contributed by atoms with Gasteiger partial charge in [-0.25, -0.2) is 4.39 Å². The Balaban J connectivity index is 2.61. The minimum Gasteiger partial charge on any atom is -0.491 e. The summed E-state index contributed by atoms with van der Waals surface area (Å²) >= 11 is 8.51. The molecule has 0 radical (unpaired) electrons. The second-order valence-corrected chi connectivity index (χ2v) is 3.86. The molecule has 0 fully saturated rings. The lowest BCUT2D eigenvalue weighted by Crippen LogP contribution is -2.09. The molecule has 0 aliphatic heterocycles. The highest BCUT2D eigenvalue weighted by molar-refractivity contribution is 9.10. The second kappa shape index (κ2) is 5.18. The van der Waals surface area contributed by atoms with Gasteiger partial charge in [-0.1, -0.05) is 0 Å². The highest BCUT2D eigenvalue weighted by Crippen LogP contribution is 2.21. The number of rotatable bonds is 3. The summed E-state index contributed by atoms with van der Waals surface area (Å²) in [6.07, 6.45) is 0. The summed E-state index contributed by atoms with van der Waals surface area (Å²) in [5.74, 6) is -0.0582. The fraction of sp³-hybridized carbons (Fsp3) is 0.222. The van der Waals surface area contributed by atoms with Gasteiger partial charge >= 0.3 is 0 Å². The van der Waals surface area contributed by atoms with Crippen molar-refractivity contribution in [2.75, 3.05) is 6.61 Å². The van der Waals surface area contributed by atoms with Gasteiger partial charge < -0.3 is 4.74 Å². The van der Waals surface area contributed by atoms with E-state index in [4.69, 9.17) is 21.6 Å². The number of nitriles is 1. The van der Waals surface area contributed by atoms with E-state index in [2.05, 4.69) is 15.9 Å². The van der Waals surface area contributed by atoms with Crippen molar-refractivity contribution in [3.8, 4) is 11.8 Å². The Morgan fingerprint density at radius 2 is 2.36 bits per heavy atom. The van der Waals surface area contributed by atoms with Crippen LogP contribution in [-0.2, 0) is 0 Å². The molecule has 0 saturated carbocycles. The minimum atomic E-state index is -0.721. The molecule has 0 heterocycles. The van der Waals surface area contributed by atoms with Gasteiger partial charge in [-0.2, -0.15) is 5.26 Å². The Morgan fingerprint density at radius 1 is 1.64 bits per heavy atom. The Bertz CT molecular complexity index is 366. The van der Waals surface area contributed by atoms with E-state index in [1.165, 1.54) is 12.1 Å². The van der Waals surface area contributed by atoms with Crippen molar-refractivity contribution in [2.45, 2.75) is 5.38 Å². The van der Waals surface area contributed by atoms with E-state index < -0.39 is 11.2 Å². The van der Waals surface area contributed by atoms with Gasteiger partial charge in [-0.15, -0.1) is 11.6 Å². The van der Waals surface area contributed by atoms with Crippen molar-refractivity contribution in [1.82, 2.24) is 0 Å². The minimum absolute atomic E-state index is 0.0408. The molecule has 2 nitrogen and oxygen atoms in total. The standard InChI is InChI=1S/C9H6BrClFNO/c10-8-2-1-7(3-9(8)12)14-5-6(11)4-13/h1-3,6H,5H2. The molecule has 1 rings (SSSR count). The molecule has 1 aromatic carbocycles. The van der Waals surface area contributed by atoms with Gasteiger partial charge in [-0.3, -0.25) is 0 Å². The number of nitrogens with zero attached hydrogens (tertiary/aromatic N) is 1. The van der Waals surface area contributed by atoms with E-state index in [-0.39, 0.29) is 6.61 Å². The number of ether oxygens (including phenoxy) is 1. The molecule has 0 saturated heterocycles. The van der Waals surface area contributed by atoms with Crippen LogP contribution >= 0.6 is 27.5 Å². The maximum atomic E-state index is 13.0. The molecular weight excluding hydrogens is 272 g/mol. The fourth-order valence-electron chi connectivity index (χ4n) is 0.773. The molecule has 0 aliphatic carbocycles. The van der Waals surface area contributed by atoms with Crippen LogP contribution in [0.5, 0.6) is 5.75 Å². The molecule has 0 spiro atoms. The van der Waals surface area contributed by atoms with Crippen molar-refractivity contribution < 1.29 is 9.13 Å². The number of benzene rings is 1. The van der Waals surface area contributed by atoms with E-state index in [1.807, 2.05) is 0 Å². The maximum Gasteiger partial charge on any atom is 0.154 e. The predicted octanol–water partition coefficient (Wildman–Crippen LogP) is 3.10. The quantitative estimate of drug-likeness (QED) is 0.796. The Morgan fingerprint density at radius 3 is 2.93 bits per heavy atom.